The van der Waals surface area contributed by atoms with Crippen LogP contribution < -0.4 is 0 Å². The standard InChI is InChI=1S/C6H13O9P/c7-1-2-3(8)4(9)5(10)6(14-2)15-16(11,12)13/h2-10H,1H2,(H2,11,12,13)/t2?,3?,4-,5?,6-/m1/s1. The first-order chi connectivity index (χ1) is 7.26. The first-order valence-corrected chi connectivity index (χ1v) is 5.83. The van der Waals surface area contributed by atoms with Crippen LogP contribution >= 0.6 is 7.82 Å². The zero-order valence-electron chi connectivity index (χ0n) is 7.95. The Labute approximate surface area is 90.1 Å². The maximum absolute atomic E-state index is 10.5. The summed E-state index contributed by atoms with van der Waals surface area (Å²) in [6.45, 7) is -0.702. The van der Waals surface area contributed by atoms with Gasteiger partial charge in [-0.3, -0.25) is 4.52 Å². The van der Waals surface area contributed by atoms with Crippen LogP contribution in [0.4, 0.5) is 0 Å². The van der Waals surface area contributed by atoms with E-state index in [1.807, 2.05) is 0 Å². The van der Waals surface area contributed by atoms with Gasteiger partial charge in [-0.05, 0) is 0 Å². The van der Waals surface area contributed by atoms with E-state index in [0.29, 0.717) is 0 Å². The molecule has 1 heterocycles. The van der Waals surface area contributed by atoms with Crippen molar-refractivity contribution in [3.63, 3.8) is 0 Å². The molecule has 10 heteroatoms. The van der Waals surface area contributed by atoms with Crippen molar-refractivity contribution in [1.82, 2.24) is 0 Å². The summed E-state index contributed by atoms with van der Waals surface area (Å²) in [5, 5.41) is 36.6. The molecule has 5 atom stereocenters. The molecule has 16 heavy (non-hydrogen) atoms. The summed E-state index contributed by atoms with van der Waals surface area (Å²) in [7, 11) is -4.91. The fourth-order valence-corrected chi connectivity index (χ4v) is 1.73. The van der Waals surface area contributed by atoms with E-state index < -0.39 is 45.1 Å². The van der Waals surface area contributed by atoms with Gasteiger partial charge in [0.05, 0.1) is 6.61 Å². The molecule has 1 aliphatic heterocycles. The number of ether oxygens (including phenoxy) is 1. The summed E-state index contributed by atoms with van der Waals surface area (Å²) in [5.41, 5.74) is 0. The molecule has 3 unspecified atom stereocenters. The predicted octanol–water partition coefficient (Wildman–Crippen LogP) is -3.10. The van der Waals surface area contributed by atoms with Gasteiger partial charge < -0.3 is 34.9 Å². The molecular formula is C6H13O9P. The van der Waals surface area contributed by atoms with E-state index in [-0.39, 0.29) is 0 Å². The molecule has 0 saturated carbocycles. The summed E-state index contributed by atoms with van der Waals surface area (Å²) >= 11 is 0. The monoisotopic (exact) mass is 260 g/mol. The summed E-state index contributed by atoms with van der Waals surface area (Å²) < 4.78 is 19.2. The third kappa shape index (κ3) is 3.20. The van der Waals surface area contributed by atoms with Crippen molar-refractivity contribution in [3.8, 4) is 0 Å². The summed E-state index contributed by atoms with van der Waals surface area (Å²) in [4.78, 5) is 17.0. The molecular weight excluding hydrogens is 247 g/mol. The lowest BCUT2D eigenvalue weighted by molar-refractivity contribution is -0.280. The average molecular weight is 260 g/mol. The minimum Gasteiger partial charge on any atom is -0.394 e. The van der Waals surface area contributed by atoms with Gasteiger partial charge in [0.2, 0.25) is 0 Å². The Kier molecular flexibility index (Phi) is 4.41. The smallest absolute Gasteiger partial charge is 0.394 e. The van der Waals surface area contributed by atoms with Gasteiger partial charge in [-0.1, -0.05) is 0 Å². The van der Waals surface area contributed by atoms with Crippen molar-refractivity contribution < 1.29 is 44.0 Å². The molecule has 0 amide bonds. The van der Waals surface area contributed by atoms with Crippen LogP contribution in [0.15, 0.2) is 0 Å². The van der Waals surface area contributed by atoms with Crippen molar-refractivity contribution in [3.05, 3.63) is 0 Å². The fraction of sp³-hybridized carbons (Fsp3) is 1.00. The molecule has 0 bridgehead atoms. The number of aliphatic hydroxyl groups excluding tert-OH is 4. The molecule has 0 aromatic heterocycles. The molecule has 0 aromatic carbocycles. The van der Waals surface area contributed by atoms with E-state index in [9.17, 15) is 19.9 Å². The first-order valence-electron chi connectivity index (χ1n) is 4.30. The molecule has 0 aromatic rings. The number of phosphoric acid groups is 1. The Morgan fingerprint density at radius 1 is 1.12 bits per heavy atom. The molecule has 1 aliphatic rings. The van der Waals surface area contributed by atoms with E-state index in [1.165, 1.54) is 0 Å². The Bertz CT molecular complexity index is 275. The molecule has 1 saturated heterocycles. The Morgan fingerprint density at radius 2 is 1.69 bits per heavy atom. The van der Waals surface area contributed by atoms with Gasteiger partial charge in [-0.15, -0.1) is 0 Å². The lowest BCUT2D eigenvalue weighted by Gasteiger charge is -2.39. The quantitative estimate of drug-likeness (QED) is 0.289. The van der Waals surface area contributed by atoms with Crippen LogP contribution in [-0.4, -0.2) is 67.5 Å². The molecule has 0 radical (unpaired) electrons. The first kappa shape index (κ1) is 14.0. The minimum absolute atomic E-state index is 0.702. The second-order valence-corrected chi connectivity index (χ2v) is 4.49. The Hall–Kier alpha value is -0.0900. The van der Waals surface area contributed by atoms with E-state index in [0.717, 1.165) is 0 Å². The van der Waals surface area contributed by atoms with Crippen molar-refractivity contribution >= 4 is 7.82 Å². The average Bonchev–Trinajstić information content (AvgIpc) is 2.17. The highest BCUT2D eigenvalue weighted by Crippen LogP contribution is 2.40. The van der Waals surface area contributed by atoms with Crippen LogP contribution in [0.25, 0.3) is 0 Å². The SMILES string of the molecule is O=P(O)(O)O[C@H]1OC(CO)C(O)[C@@H](O)C1O. The molecule has 0 aliphatic carbocycles. The second kappa shape index (κ2) is 5.05. The molecule has 1 rings (SSSR count). The van der Waals surface area contributed by atoms with Gasteiger partial charge in [-0.25, -0.2) is 4.57 Å². The molecule has 6 N–H and O–H groups in total. The van der Waals surface area contributed by atoms with Gasteiger partial charge >= 0.3 is 7.82 Å². The lowest BCUT2D eigenvalue weighted by Crippen LogP contribution is -2.58. The summed E-state index contributed by atoms with van der Waals surface area (Å²) in [5.74, 6) is 0. The lowest BCUT2D eigenvalue weighted by atomic mass is 10.00. The second-order valence-electron chi connectivity index (χ2n) is 3.29. The summed E-state index contributed by atoms with van der Waals surface area (Å²) in [6.07, 6.45) is -8.25. The number of hydrogen-bond donors (Lipinski definition) is 6. The Balaban J connectivity index is 2.75. The van der Waals surface area contributed by atoms with Crippen LogP contribution in [0.1, 0.15) is 0 Å². The molecule has 1 fully saturated rings. The van der Waals surface area contributed by atoms with Crippen LogP contribution in [0.5, 0.6) is 0 Å². The van der Waals surface area contributed by atoms with Crippen molar-refractivity contribution in [2.24, 2.45) is 0 Å². The highest BCUT2D eigenvalue weighted by molar-refractivity contribution is 7.46. The number of aliphatic hydroxyl groups is 4. The third-order valence-electron chi connectivity index (χ3n) is 2.09. The van der Waals surface area contributed by atoms with Gasteiger partial charge in [0.1, 0.15) is 24.4 Å². The molecule has 0 spiro atoms. The zero-order valence-corrected chi connectivity index (χ0v) is 8.84. The van der Waals surface area contributed by atoms with E-state index in [2.05, 4.69) is 9.26 Å². The highest BCUT2D eigenvalue weighted by Gasteiger charge is 2.46. The van der Waals surface area contributed by atoms with Gasteiger partial charge in [0.15, 0.2) is 6.29 Å². The van der Waals surface area contributed by atoms with E-state index in [4.69, 9.17) is 14.9 Å². The van der Waals surface area contributed by atoms with Gasteiger partial charge in [-0.2, -0.15) is 0 Å². The largest absolute Gasteiger partial charge is 0.472 e. The van der Waals surface area contributed by atoms with Crippen LogP contribution in [0.3, 0.4) is 0 Å². The van der Waals surface area contributed by atoms with Crippen LogP contribution in [0, 0.1) is 0 Å². The van der Waals surface area contributed by atoms with E-state index in [1.54, 1.807) is 0 Å². The maximum Gasteiger partial charge on any atom is 0.472 e. The van der Waals surface area contributed by atoms with Crippen LogP contribution in [0.2, 0.25) is 0 Å². The maximum atomic E-state index is 10.5. The van der Waals surface area contributed by atoms with Crippen molar-refractivity contribution in [2.45, 2.75) is 30.7 Å². The highest BCUT2D eigenvalue weighted by atomic mass is 31.2. The van der Waals surface area contributed by atoms with Gasteiger partial charge in [0.25, 0.3) is 0 Å². The van der Waals surface area contributed by atoms with Crippen molar-refractivity contribution in [2.75, 3.05) is 6.61 Å². The number of hydrogen-bond acceptors (Lipinski definition) is 7. The van der Waals surface area contributed by atoms with E-state index >= 15 is 0 Å². The zero-order chi connectivity index (χ0) is 12.5. The minimum atomic E-state index is -4.91. The molecule has 9 nitrogen and oxygen atoms in total. The third-order valence-corrected chi connectivity index (χ3v) is 2.57. The number of phosphoric ester groups is 1. The fourth-order valence-electron chi connectivity index (χ4n) is 1.29. The predicted molar refractivity (Wildman–Crippen MR) is 46.9 cm³/mol. The number of rotatable bonds is 3. The molecule has 96 valence electrons. The normalized spacial score (nSPS) is 41.0. The Morgan fingerprint density at radius 3 is 2.12 bits per heavy atom. The van der Waals surface area contributed by atoms with Gasteiger partial charge in [0, 0.05) is 0 Å². The topological polar surface area (TPSA) is 157 Å². The summed E-state index contributed by atoms with van der Waals surface area (Å²) in [6, 6.07) is 0. The van der Waals surface area contributed by atoms with Crippen LogP contribution in [-0.2, 0) is 13.8 Å². The van der Waals surface area contributed by atoms with Crippen molar-refractivity contribution in [1.29, 1.82) is 0 Å².